The quantitative estimate of drug-likeness (QED) is 0.931. The Morgan fingerprint density at radius 3 is 2.95 bits per heavy atom. The van der Waals surface area contributed by atoms with Crippen molar-refractivity contribution in [1.29, 1.82) is 0 Å². The molecule has 1 aromatic heterocycles. The van der Waals surface area contributed by atoms with E-state index in [-0.39, 0.29) is 11.4 Å². The molecule has 3 rings (SSSR count). The van der Waals surface area contributed by atoms with E-state index in [1.165, 1.54) is 12.1 Å². The molecule has 6 heteroatoms. The topological polar surface area (TPSA) is 58.4 Å². The molecule has 0 aliphatic carbocycles. The van der Waals surface area contributed by atoms with Gasteiger partial charge in [0, 0.05) is 13.1 Å². The van der Waals surface area contributed by atoms with E-state index >= 15 is 0 Å². The fourth-order valence-electron chi connectivity index (χ4n) is 2.63. The molecule has 0 fully saturated rings. The van der Waals surface area contributed by atoms with E-state index in [2.05, 4.69) is 5.10 Å². The number of halogens is 1. The van der Waals surface area contributed by atoms with Gasteiger partial charge in [-0.2, -0.15) is 5.10 Å². The summed E-state index contributed by atoms with van der Waals surface area (Å²) in [5.41, 5.74) is 1.56. The highest BCUT2D eigenvalue weighted by Crippen LogP contribution is 2.29. The molecule has 5 nitrogen and oxygen atoms in total. The Bertz CT molecular complexity index is 681. The number of anilines is 1. The first kappa shape index (κ1) is 12.7. The molecule has 0 unspecified atom stereocenters. The maximum Gasteiger partial charge on any atom is 0.341 e. The molecule has 0 atom stereocenters. The van der Waals surface area contributed by atoms with Gasteiger partial charge < -0.3 is 10.0 Å². The third kappa shape index (κ3) is 2.03. The second-order valence-corrected chi connectivity index (χ2v) is 4.86. The monoisotopic (exact) mass is 275 g/mol. The fraction of sp³-hybridized carbons (Fsp3) is 0.286. The predicted octanol–water partition coefficient (Wildman–Crippen LogP) is 2.05. The molecule has 0 radical (unpaired) electrons. The smallest absolute Gasteiger partial charge is 0.341 e. The molecule has 2 aromatic rings. The average Bonchev–Trinajstić information content (AvgIpc) is 2.88. The van der Waals surface area contributed by atoms with Crippen LogP contribution in [-0.2, 0) is 13.1 Å². The first-order valence-electron chi connectivity index (χ1n) is 6.36. The van der Waals surface area contributed by atoms with E-state index in [0.29, 0.717) is 31.1 Å². The van der Waals surface area contributed by atoms with Gasteiger partial charge in [-0.05, 0) is 24.6 Å². The molecule has 1 aromatic carbocycles. The number of fused-ring (bicyclic) bond motifs is 1. The Balaban J connectivity index is 1.94. The zero-order chi connectivity index (χ0) is 14.3. The molecular formula is C14H14FN3O2. The molecule has 2 heterocycles. The Labute approximate surface area is 115 Å². The number of hydrogen-bond donors (Lipinski definition) is 1. The number of carboxylic acid groups (broad SMARTS) is 1. The van der Waals surface area contributed by atoms with E-state index in [1.807, 2.05) is 11.0 Å². The number of nitrogens with zero attached hydrogens (tertiary/aromatic N) is 3. The van der Waals surface area contributed by atoms with Gasteiger partial charge in [0.15, 0.2) is 0 Å². The van der Waals surface area contributed by atoms with Gasteiger partial charge >= 0.3 is 5.97 Å². The number of aromatic nitrogens is 2. The second kappa shape index (κ2) is 4.63. The second-order valence-electron chi connectivity index (χ2n) is 4.86. The van der Waals surface area contributed by atoms with Gasteiger partial charge in [-0.3, -0.25) is 0 Å². The Morgan fingerprint density at radius 2 is 2.25 bits per heavy atom. The summed E-state index contributed by atoms with van der Waals surface area (Å²) < 4.78 is 14.9. The summed E-state index contributed by atoms with van der Waals surface area (Å²) in [6, 6.07) is 6.34. The van der Waals surface area contributed by atoms with E-state index in [1.54, 1.807) is 17.7 Å². The van der Waals surface area contributed by atoms with E-state index in [0.717, 1.165) is 5.56 Å². The standard InChI is InChI=1S/C14H14FN3O2/c1-9-12(14(19)20)13-17(5-6-18(13)16-9)8-10-3-2-4-11(15)7-10/h2-4,7H,5-6,8H2,1H3,(H,19,20). The van der Waals surface area contributed by atoms with Gasteiger partial charge in [-0.25, -0.2) is 13.9 Å². The van der Waals surface area contributed by atoms with Crippen molar-refractivity contribution in [3.63, 3.8) is 0 Å². The maximum atomic E-state index is 13.2. The Kier molecular flexibility index (Phi) is 2.93. The average molecular weight is 275 g/mol. The number of hydrogen-bond acceptors (Lipinski definition) is 3. The highest BCUT2D eigenvalue weighted by atomic mass is 19.1. The lowest BCUT2D eigenvalue weighted by Gasteiger charge is -2.18. The first-order chi connectivity index (χ1) is 9.56. The Hall–Kier alpha value is -2.37. The normalized spacial score (nSPS) is 13.6. The molecular weight excluding hydrogens is 261 g/mol. The summed E-state index contributed by atoms with van der Waals surface area (Å²) in [5, 5.41) is 13.5. The third-order valence-electron chi connectivity index (χ3n) is 3.46. The van der Waals surface area contributed by atoms with Crippen molar-refractivity contribution in [3.8, 4) is 0 Å². The summed E-state index contributed by atoms with van der Waals surface area (Å²) in [6.07, 6.45) is 0. The van der Waals surface area contributed by atoms with Crippen molar-refractivity contribution in [2.45, 2.75) is 20.0 Å². The van der Waals surface area contributed by atoms with Crippen LogP contribution >= 0.6 is 0 Å². The number of carbonyl (C=O) groups is 1. The van der Waals surface area contributed by atoms with Gasteiger partial charge in [-0.1, -0.05) is 12.1 Å². The van der Waals surface area contributed by atoms with Crippen molar-refractivity contribution in [2.24, 2.45) is 0 Å². The number of aryl methyl sites for hydroxylation is 1. The van der Waals surface area contributed by atoms with Crippen LogP contribution < -0.4 is 4.90 Å². The van der Waals surface area contributed by atoms with Crippen molar-refractivity contribution >= 4 is 11.8 Å². The van der Waals surface area contributed by atoms with Gasteiger partial charge in [0.2, 0.25) is 0 Å². The van der Waals surface area contributed by atoms with Gasteiger partial charge in [-0.15, -0.1) is 0 Å². The van der Waals surface area contributed by atoms with Gasteiger partial charge in [0.05, 0.1) is 12.2 Å². The van der Waals surface area contributed by atoms with Crippen molar-refractivity contribution in [2.75, 3.05) is 11.4 Å². The van der Waals surface area contributed by atoms with Crippen LogP contribution in [0.4, 0.5) is 10.2 Å². The van der Waals surface area contributed by atoms with Crippen LogP contribution in [0.3, 0.4) is 0 Å². The number of aromatic carboxylic acids is 1. The van der Waals surface area contributed by atoms with Crippen LogP contribution in [0.1, 0.15) is 21.6 Å². The van der Waals surface area contributed by atoms with Crippen LogP contribution in [0.2, 0.25) is 0 Å². The van der Waals surface area contributed by atoms with E-state index in [9.17, 15) is 14.3 Å². The molecule has 0 saturated carbocycles. The zero-order valence-corrected chi connectivity index (χ0v) is 11.0. The third-order valence-corrected chi connectivity index (χ3v) is 3.46. The SMILES string of the molecule is Cc1nn2c(c1C(=O)O)N(Cc1cccc(F)c1)CC2. The summed E-state index contributed by atoms with van der Waals surface area (Å²) in [4.78, 5) is 13.3. The lowest BCUT2D eigenvalue weighted by molar-refractivity contribution is 0.0697. The maximum absolute atomic E-state index is 13.2. The molecule has 0 spiro atoms. The van der Waals surface area contributed by atoms with Crippen LogP contribution in [0.25, 0.3) is 0 Å². The largest absolute Gasteiger partial charge is 0.477 e. The summed E-state index contributed by atoms with van der Waals surface area (Å²) in [5.74, 6) is -0.654. The Morgan fingerprint density at radius 1 is 1.45 bits per heavy atom. The molecule has 20 heavy (non-hydrogen) atoms. The summed E-state index contributed by atoms with van der Waals surface area (Å²) >= 11 is 0. The minimum Gasteiger partial charge on any atom is -0.477 e. The zero-order valence-electron chi connectivity index (χ0n) is 11.0. The number of carboxylic acids is 1. The van der Waals surface area contributed by atoms with Crippen LogP contribution in [-0.4, -0.2) is 27.4 Å². The van der Waals surface area contributed by atoms with Crippen molar-refractivity contribution < 1.29 is 14.3 Å². The first-order valence-corrected chi connectivity index (χ1v) is 6.36. The number of benzene rings is 1. The highest BCUT2D eigenvalue weighted by Gasteiger charge is 2.29. The molecule has 1 aliphatic heterocycles. The summed E-state index contributed by atoms with van der Waals surface area (Å²) in [6.45, 7) is 3.50. The lowest BCUT2D eigenvalue weighted by Crippen LogP contribution is -2.21. The van der Waals surface area contributed by atoms with Crippen molar-refractivity contribution in [1.82, 2.24) is 9.78 Å². The minimum absolute atomic E-state index is 0.235. The lowest BCUT2D eigenvalue weighted by atomic mass is 10.2. The minimum atomic E-state index is -0.977. The van der Waals surface area contributed by atoms with Crippen LogP contribution in [0, 0.1) is 12.7 Å². The van der Waals surface area contributed by atoms with E-state index in [4.69, 9.17) is 0 Å². The molecule has 104 valence electrons. The molecule has 1 N–H and O–H groups in total. The fourth-order valence-corrected chi connectivity index (χ4v) is 2.63. The van der Waals surface area contributed by atoms with Gasteiger partial charge in [0.25, 0.3) is 0 Å². The van der Waals surface area contributed by atoms with Crippen molar-refractivity contribution in [3.05, 3.63) is 46.9 Å². The predicted molar refractivity (Wildman–Crippen MR) is 71.4 cm³/mol. The van der Waals surface area contributed by atoms with Crippen LogP contribution in [0.5, 0.6) is 0 Å². The summed E-state index contributed by atoms with van der Waals surface area (Å²) in [7, 11) is 0. The molecule has 0 amide bonds. The van der Waals surface area contributed by atoms with E-state index < -0.39 is 5.97 Å². The highest BCUT2D eigenvalue weighted by molar-refractivity contribution is 5.95. The molecule has 0 bridgehead atoms. The van der Waals surface area contributed by atoms with Crippen LogP contribution in [0.15, 0.2) is 24.3 Å². The molecule has 1 aliphatic rings. The molecule has 0 saturated heterocycles. The van der Waals surface area contributed by atoms with Gasteiger partial charge in [0.1, 0.15) is 17.2 Å². The number of rotatable bonds is 3.